The molecule has 6 nitrogen and oxygen atoms in total. The van der Waals surface area contributed by atoms with Crippen molar-refractivity contribution < 1.29 is 4.79 Å². The first-order valence-corrected chi connectivity index (χ1v) is 8.84. The van der Waals surface area contributed by atoms with Crippen LogP contribution in [0, 0.1) is 6.92 Å². The van der Waals surface area contributed by atoms with Crippen molar-refractivity contribution in [3.63, 3.8) is 0 Å². The number of hydrogen-bond donors (Lipinski definition) is 1. The van der Waals surface area contributed by atoms with Gasteiger partial charge in [-0.2, -0.15) is 5.10 Å². The number of nitrogens with one attached hydrogen (secondary N) is 1. The van der Waals surface area contributed by atoms with Crippen LogP contribution in [0.2, 0.25) is 0 Å². The molecular formula is C17H29N5O. The summed E-state index contributed by atoms with van der Waals surface area (Å²) in [5.41, 5.74) is 2.19. The Bertz CT molecular complexity index is 541. The molecule has 6 heteroatoms. The molecule has 1 aromatic heterocycles. The molecule has 1 aliphatic heterocycles. The Balaban J connectivity index is 1.50. The minimum absolute atomic E-state index is 0.0101. The maximum absolute atomic E-state index is 12.5. The minimum Gasteiger partial charge on any atom is -0.331 e. The second-order valence-corrected chi connectivity index (χ2v) is 6.94. The number of rotatable bonds is 3. The lowest BCUT2D eigenvalue weighted by Gasteiger charge is -2.38. The highest BCUT2D eigenvalue weighted by molar-refractivity contribution is 5.74. The number of carbonyl (C=O) groups excluding carboxylic acids is 1. The van der Waals surface area contributed by atoms with E-state index < -0.39 is 0 Å². The highest BCUT2D eigenvalue weighted by Gasteiger charge is 2.28. The molecular weight excluding hydrogens is 290 g/mol. The third-order valence-electron chi connectivity index (χ3n) is 5.52. The first-order chi connectivity index (χ1) is 11.1. The fraction of sp³-hybridized carbons (Fsp3) is 0.765. The van der Waals surface area contributed by atoms with Gasteiger partial charge in [-0.25, -0.2) is 4.79 Å². The first kappa shape index (κ1) is 16.3. The summed E-state index contributed by atoms with van der Waals surface area (Å²) >= 11 is 0. The molecule has 23 heavy (non-hydrogen) atoms. The van der Waals surface area contributed by atoms with Crippen LogP contribution in [0.15, 0.2) is 6.20 Å². The van der Waals surface area contributed by atoms with Crippen molar-refractivity contribution in [3.05, 3.63) is 17.5 Å². The number of piperazine rings is 1. The molecule has 1 atom stereocenters. The molecule has 2 amide bonds. The number of hydrogen-bond acceptors (Lipinski definition) is 3. The molecule has 1 aromatic rings. The van der Waals surface area contributed by atoms with Crippen molar-refractivity contribution in [3.8, 4) is 0 Å². The number of aryl methyl sites for hydroxylation is 1. The van der Waals surface area contributed by atoms with Crippen LogP contribution in [0.25, 0.3) is 0 Å². The van der Waals surface area contributed by atoms with Gasteiger partial charge < -0.3 is 10.2 Å². The van der Waals surface area contributed by atoms with E-state index in [-0.39, 0.29) is 12.1 Å². The molecule has 2 heterocycles. The largest absolute Gasteiger partial charge is 0.331 e. The van der Waals surface area contributed by atoms with Crippen molar-refractivity contribution in [2.45, 2.75) is 51.6 Å². The van der Waals surface area contributed by atoms with Crippen LogP contribution in [0.4, 0.5) is 4.79 Å². The Labute approximate surface area is 138 Å². The monoisotopic (exact) mass is 319 g/mol. The number of amides is 2. The Morgan fingerprint density at radius 3 is 2.48 bits per heavy atom. The molecule has 2 fully saturated rings. The lowest BCUT2D eigenvalue weighted by Crippen LogP contribution is -2.54. The smallest absolute Gasteiger partial charge is 0.317 e. The fourth-order valence-electron chi connectivity index (χ4n) is 3.85. The van der Waals surface area contributed by atoms with Crippen LogP contribution >= 0.6 is 0 Å². The second-order valence-electron chi connectivity index (χ2n) is 6.94. The second kappa shape index (κ2) is 6.91. The third-order valence-corrected chi connectivity index (χ3v) is 5.52. The zero-order valence-electron chi connectivity index (χ0n) is 14.6. The SMILES string of the molecule is Cc1c([C@@H](C)NC(=O)N2CCN(C3CCCC3)CC2)cnn1C. The summed E-state index contributed by atoms with van der Waals surface area (Å²) in [6.07, 6.45) is 7.26. The molecule has 0 unspecified atom stereocenters. The van der Waals surface area contributed by atoms with Gasteiger partial charge in [-0.15, -0.1) is 0 Å². The molecule has 1 aliphatic carbocycles. The van der Waals surface area contributed by atoms with Crippen LogP contribution < -0.4 is 5.32 Å². The minimum atomic E-state index is -0.0101. The van der Waals surface area contributed by atoms with Gasteiger partial charge in [0.25, 0.3) is 0 Å². The highest BCUT2D eigenvalue weighted by atomic mass is 16.2. The van der Waals surface area contributed by atoms with Crippen molar-refractivity contribution in [1.82, 2.24) is 24.9 Å². The van der Waals surface area contributed by atoms with E-state index in [1.807, 2.05) is 36.7 Å². The average Bonchev–Trinajstić information content (AvgIpc) is 3.19. The van der Waals surface area contributed by atoms with E-state index in [2.05, 4.69) is 15.3 Å². The molecule has 0 aromatic carbocycles. The lowest BCUT2D eigenvalue weighted by molar-refractivity contribution is 0.108. The zero-order valence-corrected chi connectivity index (χ0v) is 14.6. The van der Waals surface area contributed by atoms with Gasteiger partial charge in [-0.3, -0.25) is 9.58 Å². The number of nitrogens with zero attached hydrogens (tertiary/aromatic N) is 4. The average molecular weight is 319 g/mol. The van der Waals surface area contributed by atoms with E-state index in [1.165, 1.54) is 25.7 Å². The van der Waals surface area contributed by atoms with Crippen LogP contribution in [-0.4, -0.2) is 57.8 Å². The zero-order chi connectivity index (χ0) is 16.4. The first-order valence-electron chi connectivity index (χ1n) is 8.84. The van der Waals surface area contributed by atoms with Gasteiger partial charge in [0.05, 0.1) is 12.2 Å². The van der Waals surface area contributed by atoms with E-state index in [1.54, 1.807) is 0 Å². The standard InChI is InChI=1S/C17H29N5O/c1-13(16-12-18-20(3)14(16)2)19-17(23)22-10-8-21(9-11-22)15-6-4-5-7-15/h12-13,15H,4-11H2,1-3H3,(H,19,23)/t13-/m1/s1. The molecule has 1 N–H and O–H groups in total. The Morgan fingerprint density at radius 1 is 1.26 bits per heavy atom. The van der Waals surface area contributed by atoms with Gasteiger partial charge in [0.15, 0.2) is 0 Å². The van der Waals surface area contributed by atoms with Gasteiger partial charge in [-0.1, -0.05) is 12.8 Å². The summed E-state index contributed by atoms with van der Waals surface area (Å²) < 4.78 is 1.85. The number of urea groups is 1. The maximum Gasteiger partial charge on any atom is 0.317 e. The molecule has 1 saturated heterocycles. The predicted molar refractivity (Wildman–Crippen MR) is 90.3 cm³/mol. The molecule has 2 aliphatic rings. The van der Waals surface area contributed by atoms with Gasteiger partial charge in [0.2, 0.25) is 0 Å². The van der Waals surface area contributed by atoms with Crippen molar-refractivity contribution in [2.24, 2.45) is 7.05 Å². The summed E-state index contributed by atoms with van der Waals surface area (Å²) in [5.74, 6) is 0. The van der Waals surface area contributed by atoms with Gasteiger partial charge in [-0.05, 0) is 26.7 Å². The Kier molecular flexibility index (Phi) is 4.90. The lowest BCUT2D eigenvalue weighted by atomic mass is 10.1. The highest BCUT2D eigenvalue weighted by Crippen LogP contribution is 2.24. The number of carbonyl (C=O) groups is 1. The third kappa shape index (κ3) is 3.52. The maximum atomic E-state index is 12.5. The molecule has 0 radical (unpaired) electrons. The Morgan fingerprint density at radius 2 is 1.91 bits per heavy atom. The van der Waals surface area contributed by atoms with Crippen LogP contribution in [0.3, 0.4) is 0 Å². The molecule has 0 spiro atoms. The topological polar surface area (TPSA) is 53.4 Å². The summed E-state index contributed by atoms with van der Waals surface area (Å²) in [6, 6.07) is 0.799. The van der Waals surface area contributed by atoms with E-state index in [0.29, 0.717) is 0 Å². The Hall–Kier alpha value is -1.56. The quantitative estimate of drug-likeness (QED) is 0.928. The van der Waals surface area contributed by atoms with Gasteiger partial charge >= 0.3 is 6.03 Å². The van der Waals surface area contributed by atoms with E-state index in [9.17, 15) is 4.79 Å². The fourth-order valence-corrected chi connectivity index (χ4v) is 3.85. The molecule has 3 rings (SSSR count). The van der Waals surface area contributed by atoms with Crippen LogP contribution in [0.5, 0.6) is 0 Å². The van der Waals surface area contributed by atoms with Gasteiger partial charge in [0, 0.05) is 50.5 Å². The van der Waals surface area contributed by atoms with E-state index in [4.69, 9.17) is 0 Å². The summed E-state index contributed by atoms with van der Waals surface area (Å²) in [5, 5.41) is 7.38. The van der Waals surface area contributed by atoms with Crippen LogP contribution in [-0.2, 0) is 7.05 Å². The van der Waals surface area contributed by atoms with E-state index in [0.717, 1.165) is 43.5 Å². The predicted octanol–water partition coefficient (Wildman–Crippen LogP) is 2.06. The van der Waals surface area contributed by atoms with Crippen molar-refractivity contribution in [2.75, 3.05) is 26.2 Å². The van der Waals surface area contributed by atoms with E-state index >= 15 is 0 Å². The molecule has 1 saturated carbocycles. The van der Waals surface area contributed by atoms with Crippen molar-refractivity contribution >= 4 is 6.03 Å². The summed E-state index contributed by atoms with van der Waals surface area (Å²) in [4.78, 5) is 17.0. The molecule has 128 valence electrons. The van der Waals surface area contributed by atoms with Crippen LogP contribution in [0.1, 0.15) is 49.9 Å². The number of aromatic nitrogens is 2. The normalized spacial score (nSPS) is 21.6. The molecule has 0 bridgehead atoms. The summed E-state index contributed by atoms with van der Waals surface area (Å²) in [7, 11) is 1.93. The summed E-state index contributed by atoms with van der Waals surface area (Å²) in [6.45, 7) is 7.75. The van der Waals surface area contributed by atoms with Crippen molar-refractivity contribution in [1.29, 1.82) is 0 Å². The van der Waals surface area contributed by atoms with Gasteiger partial charge in [0.1, 0.15) is 0 Å².